The summed E-state index contributed by atoms with van der Waals surface area (Å²) in [4.78, 5) is 35.7. The maximum atomic E-state index is 12.7. The van der Waals surface area contributed by atoms with Gasteiger partial charge in [0.05, 0.1) is 22.1 Å². The Morgan fingerprint density at radius 1 is 1.29 bits per heavy atom. The molecule has 2 aromatic heterocycles. The van der Waals surface area contributed by atoms with Crippen molar-refractivity contribution in [3.05, 3.63) is 79.6 Å². The minimum atomic E-state index is -0.759. The molecule has 0 atom stereocenters. The second-order valence-electron chi connectivity index (χ2n) is 5.50. The van der Waals surface area contributed by atoms with E-state index in [1.54, 1.807) is 24.4 Å². The number of hydrogen-bond donors (Lipinski definition) is 1. The summed E-state index contributed by atoms with van der Waals surface area (Å²) in [5.41, 5.74) is -0.306. The van der Waals surface area contributed by atoms with Crippen LogP contribution in [0.15, 0.2) is 47.8 Å². The van der Waals surface area contributed by atoms with Gasteiger partial charge in [-0.1, -0.05) is 6.07 Å². The second kappa shape index (κ2) is 7.92. The normalized spacial score (nSPS) is 10.5. The standard InChI is InChI=1S/C18H14N4O5S/c1-2-27-18(24)13-10-14(16(23)15-4-3-9-28-15)20-21(17(13)19)11-5-7-12(8-6-11)22(25)26/h3-10,19H,2H2,1H3. The van der Waals surface area contributed by atoms with Gasteiger partial charge in [-0.2, -0.15) is 5.10 Å². The molecule has 1 aromatic carbocycles. The predicted octanol–water partition coefficient (Wildman–Crippen LogP) is 2.73. The Hall–Kier alpha value is -3.66. The quantitative estimate of drug-likeness (QED) is 0.294. The number of thiophene rings is 1. The van der Waals surface area contributed by atoms with Crippen LogP contribution in [0.1, 0.15) is 32.6 Å². The molecule has 0 unspecified atom stereocenters. The lowest BCUT2D eigenvalue weighted by molar-refractivity contribution is -0.384. The number of ketones is 1. The molecule has 142 valence electrons. The number of ether oxygens (including phenoxy) is 1. The summed E-state index contributed by atoms with van der Waals surface area (Å²) in [6.07, 6.45) is 0. The smallest absolute Gasteiger partial charge is 0.342 e. The topological polar surface area (TPSA) is 128 Å². The van der Waals surface area contributed by atoms with E-state index in [0.717, 1.165) is 4.68 Å². The highest BCUT2D eigenvalue weighted by atomic mass is 32.1. The molecule has 10 heteroatoms. The van der Waals surface area contributed by atoms with Crippen molar-refractivity contribution in [1.29, 1.82) is 5.41 Å². The molecule has 0 spiro atoms. The Bertz CT molecular complexity index is 1100. The van der Waals surface area contributed by atoms with E-state index in [2.05, 4.69) is 5.10 Å². The first-order chi connectivity index (χ1) is 13.4. The molecule has 0 bridgehead atoms. The minimum Gasteiger partial charge on any atom is -0.462 e. The molecule has 3 rings (SSSR count). The van der Waals surface area contributed by atoms with Crippen LogP contribution < -0.4 is 5.49 Å². The number of non-ortho nitro benzene ring substituents is 1. The first kappa shape index (κ1) is 19.1. The van der Waals surface area contributed by atoms with Crippen molar-refractivity contribution in [1.82, 2.24) is 9.78 Å². The molecular formula is C18H14N4O5S. The van der Waals surface area contributed by atoms with Crippen LogP contribution in [0.4, 0.5) is 5.69 Å². The molecule has 0 aliphatic carbocycles. The molecule has 0 saturated heterocycles. The van der Waals surface area contributed by atoms with E-state index in [1.807, 2.05) is 0 Å². The van der Waals surface area contributed by atoms with Gasteiger partial charge in [-0.25, -0.2) is 9.48 Å². The monoisotopic (exact) mass is 398 g/mol. The van der Waals surface area contributed by atoms with Crippen LogP contribution in [0.5, 0.6) is 0 Å². The predicted molar refractivity (Wildman–Crippen MR) is 99.8 cm³/mol. The maximum absolute atomic E-state index is 12.7. The average Bonchev–Trinajstić information content (AvgIpc) is 3.22. The maximum Gasteiger partial charge on any atom is 0.342 e. The Morgan fingerprint density at radius 3 is 2.57 bits per heavy atom. The number of benzene rings is 1. The number of nitrogens with one attached hydrogen (secondary N) is 1. The van der Waals surface area contributed by atoms with E-state index in [1.165, 1.54) is 41.7 Å². The zero-order valence-electron chi connectivity index (χ0n) is 14.6. The van der Waals surface area contributed by atoms with Crippen LogP contribution >= 0.6 is 11.3 Å². The Kier molecular flexibility index (Phi) is 5.41. The van der Waals surface area contributed by atoms with Gasteiger partial charge in [-0.15, -0.1) is 11.3 Å². The average molecular weight is 398 g/mol. The van der Waals surface area contributed by atoms with Gasteiger partial charge in [0, 0.05) is 12.1 Å². The van der Waals surface area contributed by atoms with Crippen LogP contribution in [0, 0.1) is 15.5 Å². The highest BCUT2D eigenvalue weighted by Gasteiger charge is 2.20. The molecule has 2 heterocycles. The molecule has 0 aliphatic rings. The van der Waals surface area contributed by atoms with Gasteiger partial charge in [0.1, 0.15) is 11.3 Å². The fourth-order valence-electron chi connectivity index (χ4n) is 2.42. The van der Waals surface area contributed by atoms with Gasteiger partial charge >= 0.3 is 5.97 Å². The molecule has 0 fully saturated rings. The molecule has 0 saturated carbocycles. The third kappa shape index (κ3) is 3.71. The van der Waals surface area contributed by atoms with Crippen molar-refractivity contribution in [2.75, 3.05) is 6.61 Å². The van der Waals surface area contributed by atoms with Gasteiger partial charge in [-0.3, -0.25) is 20.3 Å². The number of nitro benzene ring substituents is 1. The summed E-state index contributed by atoms with van der Waals surface area (Å²) in [6.45, 7) is 1.73. The summed E-state index contributed by atoms with van der Waals surface area (Å²) in [5, 5.41) is 25.1. The zero-order chi connectivity index (χ0) is 20.3. The lowest BCUT2D eigenvalue weighted by Gasteiger charge is -2.11. The number of nitrogens with zero attached hydrogens (tertiary/aromatic N) is 3. The first-order valence-corrected chi connectivity index (χ1v) is 8.99. The van der Waals surface area contributed by atoms with Crippen molar-refractivity contribution >= 4 is 28.8 Å². The van der Waals surface area contributed by atoms with E-state index < -0.39 is 16.7 Å². The number of carbonyl (C=O) groups excluding carboxylic acids is 2. The van der Waals surface area contributed by atoms with E-state index in [4.69, 9.17) is 10.1 Å². The molecular weight excluding hydrogens is 384 g/mol. The molecule has 0 radical (unpaired) electrons. The van der Waals surface area contributed by atoms with Crippen LogP contribution in [-0.4, -0.2) is 33.1 Å². The third-order valence-corrected chi connectivity index (χ3v) is 4.60. The largest absolute Gasteiger partial charge is 0.462 e. The third-order valence-electron chi connectivity index (χ3n) is 3.73. The van der Waals surface area contributed by atoms with Crippen molar-refractivity contribution in [3.63, 3.8) is 0 Å². The van der Waals surface area contributed by atoms with Crippen molar-refractivity contribution in [3.8, 4) is 5.69 Å². The van der Waals surface area contributed by atoms with E-state index in [9.17, 15) is 19.7 Å². The van der Waals surface area contributed by atoms with Crippen LogP contribution in [-0.2, 0) is 4.74 Å². The molecule has 28 heavy (non-hydrogen) atoms. The molecule has 1 N–H and O–H groups in total. The highest BCUT2D eigenvalue weighted by molar-refractivity contribution is 7.12. The number of aromatic nitrogens is 2. The van der Waals surface area contributed by atoms with Crippen LogP contribution in [0.2, 0.25) is 0 Å². The van der Waals surface area contributed by atoms with E-state index >= 15 is 0 Å². The summed E-state index contributed by atoms with van der Waals surface area (Å²) >= 11 is 1.22. The van der Waals surface area contributed by atoms with Crippen LogP contribution in [0.25, 0.3) is 5.69 Å². The Balaban J connectivity index is 2.17. The summed E-state index contributed by atoms with van der Waals surface area (Å²) in [6, 6.07) is 9.85. The van der Waals surface area contributed by atoms with E-state index in [0.29, 0.717) is 10.6 Å². The summed E-state index contributed by atoms with van der Waals surface area (Å²) in [7, 11) is 0. The molecule has 9 nitrogen and oxygen atoms in total. The first-order valence-electron chi connectivity index (χ1n) is 8.11. The Labute approximate surface area is 162 Å². The minimum absolute atomic E-state index is 0.0418. The molecule has 0 amide bonds. The van der Waals surface area contributed by atoms with Gasteiger partial charge in [-0.05, 0) is 36.6 Å². The summed E-state index contributed by atoms with van der Waals surface area (Å²) in [5.74, 6) is -1.16. The number of nitro groups is 1. The van der Waals surface area contributed by atoms with Gasteiger partial charge < -0.3 is 4.74 Å². The van der Waals surface area contributed by atoms with Gasteiger partial charge in [0.25, 0.3) is 5.69 Å². The number of esters is 1. The van der Waals surface area contributed by atoms with Crippen molar-refractivity contribution < 1.29 is 19.2 Å². The van der Waals surface area contributed by atoms with E-state index in [-0.39, 0.29) is 29.0 Å². The SMILES string of the molecule is CCOC(=O)c1cc(C(=O)c2cccs2)nn(-c2ccc([N+](=O)[O-])cc2)c1=N. The lowest BCUT2D eigenvalue weighted by atomic mass is 10.1. The highest BCUT2D eigenvalue weighted by Crippen LogP contribution is 2.17. The number of carbonyl (C=O) groups is 2. The molecule has 0 aliphatic heterocycles. The fourth-order valence-corrected chi connectivity index (χ4v) is 3.09. The Morgan fingerprint density at radius 2 is 2.00 bits per heavy atom. The van der Waals surface area contributed by atoms with Crippen molar-refractivity contribution in [2.24, 2.45) is 0 Å². The number of hydrogen-bond acceptors (Lipinski definition) is 8. The number of rotatable bonds is 6. The fraction of sp³-hybridized carbons (Fsp3) is 0.111. The summed E-state index contributed by atoms with van der Waals surface area (Å²) < 4.78 is 6.06. The lowest BCUT2D eigenvalue weighted by Crippen LogP contribution is -2.30. The van der Waals surface area contributed by atoms with Gasteiger partial charge in [0.15, 0.2) is 5.49 Å². The molecule has 3 aromatic rings. The second-order valence-corrected chi connectivity index (χ2v) is 6.45. The zero-order valence-corrected chi connectivity index (χ0v) is 15.4. The van der Waals surface area contributed by atoms with Gasteiger partial charge in [0.2, 0.25) is 5.78 Å². The van der Waals surface area contributed by atoms with Crippen LogP contribution in [0.3, 0.4) is 0 Å². The van der Waals surface area contributed by atoms with Crippen molar-refractivity contribution in [2.45, 2.75) is 6.92 Å².